The second kappa shape index (κ2) is 9.22. The van der Waals surface area contributed by atoms with Gasteiger partial charge in [-0.05, 0) is 66.2 Å². The third-order valence-electron chi connectivity index (χ3n) is 4.70. The van der Waals surface area contributed by atoms with Gasteiger partial charge in [-0.2, -0.15) is 0 Å². The van der Waals surface area contributed by atoms with Gasteiger partial charge in [0.05, 0.1) is 24.2 Å². The first-order chi connectivity index (χ1) is 14.3. The van der Waals surface area contributed by atoms with Gasteiger partial charge in [0.25, 0.3) is 0 Å². The number of nitrogens with one attached hydrogen (secondary N) is 1. The summed E-state index contributed by atoms with van der Waals surface area (Å²) in [4.78, 5) is 29.4. The number of hydrogen-bond acceptors (Lipinski definition) is 7. The molecule has 0 unspecified atom stereocenters. The molecule has 0 aliphatic carbocycles. The molecule has 0 saturated carbocycles. The number of carbonyl (C=O) groups excluding carboxylic acids is 1. The van der Waals surface area contributed by atoms with Crippen molar-refractivity contribution in [2.24, 2.45) is 0 Å². The summed E-state index contributed by atoms with van der Waals surface area (Å²) >= 11 is 4.79. The van der Waals surface area contributed by atoms with E-state index in [-0.39, 0.29) is 17.2 Å². The summed E-state index contributed by atoms with van der Waals surface area (Å²) < 4.78 is 11.6. The Hall–Kier alpha value is -2.32. The van der Waals surface area contributed by atoms with E-state index in [4.69, 9.17) is 9.15 Å². The molecule has 0 aliphatic rings. The molecule has 3 aromatic rings. The van der Waals surface area contributed by atoms with Crippen LogP contribution >= 0.6 is 27.7 Å². The fourth-order valence-electron chi connectivity index (χ4n) is 3.25. The number of aryl methyl sites for hydroxylation is 1. The molecular formula is C22H23BrN2O4S. The van der Waals surface area contributed by atoms with Crippen molar-refractivity contribution in [3.8, 4) is 0 Å². The van der Waals surface area contributed by atoms with Crippen molar-refractivity contribution in [1.29, 1.82) is 0 Å². The zero-order valence-electron chi connectivity index (χ0n) is 17.5. The zero-order valence-corrected chi connectivity index (χ0v) is 19.9. The molecule has 0 bridgehead atoms. The van der Waals surface area contributed by atoms with Crippen LogP contribution in [0.1, 0.15) is 47.1 Å². The number of methoxy groups -OCH3 is 1. The van der Waals surface area contributed by atoms with Crippen LogP contribution in [0.2, 0.25) is 0 Å². The highest BCUT2D eigenvalue weighted by atomic mass is 79.9. The molecule has 2 aromatic heterocycles. The maximum atomic E-state index is 13.0. The first-order valence-electron chi connectivity index (χ1n) is 9.49. The molecule has 8 heteroatoms. The number of fused-ring (bicyclic) bond motifs is 1. The monoisotopic (exact) mass is 490 g/mol. The Balaban J connectivity index is 2.13. The van der Waals surface area contributed by atoms with E-state index in [1.54, 1.807) is 19.1 Å². The van der Waals surface area contributed by atoms with Gasteiger partial charge >= 0.3 is 5.97 Å². The van der Waals surface area contributed by atoms with Crippen molar-refractivity contribution in [3.63, 3.8) is 0 Å². The van der Waals surface area contributed by atoms with Gasteiger partial charge in [0.1, 0.15) is 10.2 Å². The second-order valence-electron chi connectivity index (χ2n) is 6.90. The first kappa shape index (κ1) is 22.4. The average molecular weight is 491 g/mol. The lowest BCUT2D eigenvalue weighted by Gasteiger charge is -2.19. The van der Waals surface area contributed by atoms with E-state index in [0.29, 0.717) is 31.9 Å². The van der Waals surface area contributed by atoms with Crippen LogP contribution in [0.5, 0.6) is 0 Å². The Labute approximate surface area is 187 Å². The Kier molecular flexibility index (Phi) is 6.88. The number of nitrogens with zero attached hydrogens (tertiary/aromatic N) is 1. The van der Waals surface area contributed by atoms with E-state index in [0.717, 1.165) is 16.9 Å². The number of hydrogen-bond donors (Lipinski definition) is 1. The molecule has 0 spiro atoms. The molecule has 0 aliphatic heterocycles. The Bertz CT molecular complexity index is 1180. The van der Waals surface area contributed by atoms with E-state index in [9.17, 15) is 9.59 Å². The number of rotatable bonds is 6. The van der Waals surface area contributed by atoms with Gasteiger partial charge in [0.2, 0.25) is 0 Å². The third-order valence-corrected chi connectivity index (χ3v) is 6.08. The van der Waals surface area contributed by atoms with Crippen LogP contribution < -0.4 is 10.7 Å². The maximum absolute atomic E-state index is 13.0. The van der Waals surface area contributed by atoms with Crippen LogP contribution in [0.3, 0.4) is 0 Å². The lowest BCUT2D eigenvalue weighted by Crippen LogP contribution is -2.15. The number of carbonyl (C=O) groups is 1. The Morgan fingerprint density at radius 1 is 1.33 bits per heavy atom. The number of benzene rings is 1. The van der Waals surface area contributed by atoms with Gasteiger partial charge in [-0.25, -0.2) is 9.78 Å². The number of esters is 1. The average Bonchev–Trinajstić information content (AvgIpc) is 2.72. The van der Waals surface area contributed by atoms with Crippen LogP contribution in [-0.2, 0) is 4.74 Å². The molecular weight excluding hydrogens is 468 g/mol. The predicted molar refractivity (Wildman–Crippen MR) is 124 cm³/mol. The highest BCUT2D eigenvalue weighted by Crippen LogP contribution is 2.32. The quantitative estimate of drug-likeness (QED) is 0.272. The molecule has 0 saturated heterocycles. The highest BCUT2D eigenvalue weighted by molar-refractivity contribution is 9.10. The van der Waals surface area contributed by atoms with Gasteiger partial charge in [-0.1, -0.05) is 24.8 Å². The summed E-state index contributed by atoms with van der Waals surface area (Å²) in [5.74, 6) is 0.265. The topological polar surface area (TPSA) is 81.4 Å². The Morgan fingerprint density at radius 2 is 2.07 bits per heavy atom. The SMILES string of the molecule is CCSc1oc2c([C@@H](C)Nc3ccc(Br)nc3C(=O)OC)cc(C)cc2c(=O)c1C. The normalized spacial score (nSPS) is 12.1. The molecule has 2 heterocycles. The summed E-state index contributed by atoms with van der Waals surface area (Å²) in [6, 6.07) is 7.09. The smallest absolute Gasteiger partial charge is 0.358 e. The van der Waals surface area contributed by atoms with Crippen molar-refractivity contribution >= 4 is 50.3 Å². The molecule has 6 nitrogen and oxygen atoms in total. The third kappa shape index (κ3) is 4.39. The fourth-order valence-corrected chi connectivity index (χ4v) is 4.28. The number of halogens is 1. The van der Waals surface area contributed by atoms with Crippen LogP contribution in [0.25, 0.3) is 11.0 Å². The van der Waals surface area contributed by atoms with Gasteiger partial charge in [0, 0.05) is 11.1 Å². The van der Waals surface area contributed by atoms with E-state index in [1.165, 1.54) is 18.9 Å². The Morgan fingerprint density at radius 3 is 2.73 bits per heavy atom. The van der Waals surface area contributed by atoms with Crippen LogP contribution in [0.4, 0.5) is 5.69 Å². The summed E-state index contributed by atoms with van der Waals surface area (Å²) in [5, 5.41) is 4.51. The molecule has 1 atom stereocenters. The van der Waals surface area contributed by atoms with Crippen LogP contribution in [0.15, 0.2) is 43.2 Å². The number of aromatic nitrogens is 1. The molecule has 30 heavy (non-hydrogen) atoms. The number of anilines is 1. The van der Waals surface area contributed by atoms with Crippen molar-refractivity contribution in [1.82, 2.24) is 4.98 Å². The van der Waals surface area contributed by atoms with E-state index >= 15 is 0 Å². The van der Waals surface area contributed by atoms with E-state index in [2.05, 4.69) is 26.2 Å². The number of pyridine rings is 1. The minimum Gasteiger partial charge on any atom is -0.464 e. The lowest BCUT2D eigenvalue weighted by atomic mass is 10.0. The first-order valence-corrected chi connectivity index (χ1v) is 11.3. The van der Waals surface area contributed by atoms with Gasteiger partial charge in [-0.15, -0.1) is 0 Å². The zero-order chi connectivity index (χ0) is 22.0. The highest BCUT2D eigenvalue weighted by Gasteiger charge is 2.21. The largest absolute Gasteiger partial charge is 0.464 e. The second-order valence-corrected chi connectivity index (χ2v) is 8.94. The summed E-state index contributed by atoms with van der Waals surface area (Å²) in [6.07, 6.45) is 0. The van der Waals surface area contributed by atoms with E-state index in [1.807, 2.05) is 32.9 Å². The fraction of sp³-hybridized carbons (Fsp3) is 0.318. The van der Waals surface area contributed by atoms with Crippen LogP contribution in [0, 0.1) is 13.8 Å². The molecule has 0 fully saturated rings. The maximum Gasteiger partial charge on any atom is 0.358 e. The predicted octanol–water partition coefficient (Wildman–Crippen LogP) is 5.64. The van der Waals surface area contributed by atoms with E-state index < -0.39 is 5.97 Å². The standard InChI is InChI=1S/C22H23BrN2O4S/c1-6-30-22-12(3)19(26)15-10-11(2)9-14(20(15)29-22)13(4)24-16-7-8-17(23)25-18(16)21(27)28-5/h7-10,13,24H,6H2,1-5H3/t13-/m1/s1. The molecule has 3 rings (SSSR count). The summed E-state index contributed by atoms with van der Waals surface area (Å²) in [6.45, 7) is 7.70. The summed E-state index contributed by atoms with van der Waals surface area (Å²) in [5.41, 5.74) is 3.65. The minimum absolute atomic E-state index is 0.0232. The van der Waals surface area contributed by atoms with Gasteiger partial charge < -0.3 is 14.5 Å². The number of ether oxygens (including phenoxy) is 1. The lowest BCUT2D eigenvalue weighted by molar-refractivity contribution is 0.0595. The van der Waals surface area contributed by atoms with Crippen molar-refractivity contribution in [2.75, 3.05) is 18.2 Å². The van der Waals surface area contributed by atoms with Gasteiger partial charge in [0.15, 0.2) is 16.2 Å². The summed E-state index contributed by atoms with van der Waals surface area (Å²) in [7, 11) is 1.32. The molecule has 0 radical (unpaired) electrons. The molecule has 158 valence electrons. The van der Waals surface area contributed by atoms with Crippen LogP contribution in [-0.4, -0.2) is 23.8 Å². The van der Waals surface area contributed by atoms with Gasteiger partial charge in [-0.3, -0.25) is 4.79 Å². The van der Waals surface area contributed by atoms with Crippen molar-refractivity contribution in [2.45, 2.75) is 38.8 Å². The molecule has 1 N–H and O–H groups in total. The minimum atomic E-state index is -0.538. The molecule has 1 aromatic carbocycles. The molecule has 0 amide bonds. The van der Waals surface area contributed by atoms with Crippen molar-refractivity contribution in [3.05, 3.63) is 61.5 Å². The van der Waals surface area contributed by atoms with Crippen molar-refractivity contribution < 1.29 is 13.9 Å². The number of thioether (sulfide) groups is 1.